The highest BCUT2D eigenvalue weighted by Gasteiger charge is 2.19. The molecule has 0 rings (SSSR count). The van der Waals surface area contributed by atoms with E-state index in [1.807, 2.05) is 0 Å². The van der Waals surface area contributed by atoms with E-state index in [2.05, 4.69) is 130 Å². The summed E-state index contributed by atoms with van der Waals surface area (Å²) in [6, 6.07) is 0. The van der Waals surface area contributed by atoms with E-state index in [4.69, 9.17) is 14.2 Å². The molecule has 0 aliphatic carbocycles. The standard InChI is InChI=1S/C73H124O6/c1-4-7-10-13-16-19-22-25-28-31-33-34-35-36-37-38-40-42-45-48-51-54-57-60-63-66-72(75)78-69-70(68-77-71(74)65-62-59-56-53-50-47-44-41-30-27-24-21-18-15-12-9-6-3)79-73(76)67-64-61-58-55-52-49-46-43-39-32-29-26-23-20-17-14-11-8-5-2/h9,12,17-18,20-22,25-27,29-31,33,35-36,39,43,70H,4-8,10-11,13-16,19,23-24,28,32,34,37-38,40-42,44-69H2,1-3H3/b12-9-,20-17-,21-18-,25-22-,29-26-,30-27-,33-31-,36-35-,43-39-. The Bertz CT molecular complexity index is 1590. The van der Waals surface area contributed by atoms with Crippen LogP contribution in [0.3, 0.4) is 0 Å². The highest BCUT2D eigenvalue weighted by Crippen LogP contribution is 2.16. The van der Waals surface area contributed by atoms with Crippen LogP contribution in [0.15, 0.2) is 109 Å². The largest absolute Gasteiger partial charge is 0.462 e. The molecule has 1 unspecified atom stereocenters. The van der Waals surface area contributed by atoms with Crippen LogP contribution in [0.2, 0.25) is 0 Å². The van der Waals surface area contributed by atoms with Gasteiger partial charge in [-0.3, -0.25) is 14.4 Å². The van der Waals surface area contributed by atoms with Gasteiger partial charge in [-0.05, 0) is 128 Å². The minimum absolute atomic E-state index is 0.0893. The van der Waals surface area contributed by atoms with Crippen molar-refractivity contribution in [1.82, 2.24) is 0 Å². The summed E-state index contributed by atoms with van der Waals surface area (Å²) in [6.07, 6.45) is 90.9. The first-order chi connectivity index (χ1) is 39.0. The highest BCUT2D eigenvalue weighted by molar-refractivity contribution is 5.71. The van der Waals surface area contributed by atoms with Crippen molar-refractivity contribution < 1.29 is 28.6 Å². The van der Waals surface area contributed by atoms with Crippen LogP contribution in [0.5, 0.6) is 0 Å². The van der Waals surface area contributed by atoms with Crippen molar-refractivity contribution in [2.75, 3.05) is 13.2 Å². The predicted molar refractivity (Wildman–Crippen MR) is 343 cm³/mol. The van der Waals surface area contributed by atoms with Crippen molar-refractivity contribution >= 4 is 17.9 Å². The van der Waals surface area contributed by atoms with Crippen molar-refractivity contribution in [1.29, 1.82) is 0 Å². The maximum Gasteiger partial charge on any atom is 0.306 e. The van der Waals surface area contributed by atoms with Crippen molar-refractivity contribution in [3.63, 3.8) is 0 Å². The average Bonchev–Trinajstić information content (AvgIpc) is 3.45. The first kappa shape index (κ1) is 75.1. The second-order valence-corrected chi connectivity index (χ2v) is 22.0. The smallest absolute Gasteiger partial charge is 0.306 e. The molecule has 6 nitrogen and oxygen atoms in total. The van der Waals surface area contributed by atoms with Gasteiger partial charge in [-0.25, -0.2) is 0 Å². The van der Waals surface area contributed by atoms with Crippen LogP contribution in [0, 0.1) is 0 Å². The lowest BCUT2D eigenvalue weighted by Gasteiger charge is -2.18. The molecule has 452 valence electrons. The van der Waals surface area contributed by atoms with Crippen LogP contribution < -0.4 is 0 Å². The van der Waals surface area contributed by atoms with Crippen LogP contribution >= 0.6 is 0 Å². The second kappa shape index (κ2) is 66.6. The minimum atomic E-state index is -0.795. The predicted octanol–water partition coefficient (Wildman–Crippen LogP) is 23.0. The van der Waals surface area contributed by atoms with E-state index in [1.54, 1.807) is 0 Å². The zero-order valence-corrected chi connectivity index (χ0v) is 51.9. The molecular formula is C73H124O6. The lowest BCUT2D eigenvalue weighted by Crippen LogP contribution is -2.30. The molecule has 0 saturated carbocycles. The van der Waals surface area contributed by atoms with E-state index in [0.717, 1.165) is 122 Å². The SMILES string of the molecule is CC/C=C\C/C=C\C/C=C\CCCCCCCCCC(=O)OCC(COC(=O)CCCCCCCCCCCC/C=C\C/C=C\C/C=C\CCCCCCC)OC(=O)CCCCCCCC/C=C\C/C=C\C/C=C\CCCCC. The third kappa shape index (κ3) is 64.8. The van der Waals surface area contributed by atoms with E-state index >= 15 is 0 Å². The average molecular weight is 1100 g/mol. The summed E-state index contributed by atoms with van der Waals surface area (Å²) >= 11 is 0. The molecule has 6 heteroatoms. The number of allylic oxidation sites excluding steroid dienone is 18. The number of esters is 3. The molecule has 0 fully saturated rings. The fourth-order valence-electron chi connectivity index (χ4n) is 9.24. The number of hydrogen-bond acceptors (Lipinski definition) is 6. The molecule has 0 aromatic heterocycles. The van der Waals surface area contributed by atoms with Crippen LogP contribution in [0.25, 0.3) is 0 Å². The summed E-state index contributed by atoms with van der Waals surface area (Å²) in [5, 5.41) is 0. The maximum absolute atomic E-state index is 12.9. The van der Waals surface area contributed by atoms with E-state index < -0.39 is 6.10 Å². The van der Waals surface area contributed by atoms with E-state index in [1.165, 1.54) is 154 Å². The summed E-state index contributed by atoms with van der Waals surface area (Å²) in [5.74, 6) is -0.906. The topological polar surface area (TPSA) is 78.9 Å². The lowest BCUT2D eigenvalue weighted by atomic mass is 10.1. The quantitative estimate of drug-likeness (QED) is 0.0261. The maximum atomic E-state index is 12.9. The molecule has 0 aliphatic heterocycles. The van der Waals surface area contributed by atoms with Gasteiger partial charge in [0, 0.05) is 19.3 Å². The molecule has 0 amide bonds. The van der Waals surface area contributed by atoms with Gasteiger partial charge >= 0.3 is 17.9 Å². The Labute approximate surface area is 489 Å². The number of carbonyl (C=O) groups excluding carboxylic acids is 3. The molecule has 0 aliphatic rings. The molecular weight excluding hydrogens is 973 g/mol. The van der Waals surface area contributed by atoms with Gasteiger partial charge in [0.1, 0.15) is 13.2 Å². The third-order valence-corrected chi connectivity index (χ3v) is 14.2. The second-order valence-electron chi connectivity index (χ2n) is 22.0. The van der Waals surface area contributed by atoms with Crippen LogP contribution in [0.1, 0.15) is 316 Å². The van der Waals surface area contributed by atoms with Crippen LogP contribution in [-0.4, -0.2) is 37.2 Å². The fourth-order valence-corrected chi connectivity index (χ4v) is 9.24. The lowest BCUT2D eigenvalue weighted by molar-refractivity contribution is -0.167. The summed E-state index contributed by atoms with van der Waals surface area (Å²) in [5.41, 5.74) is 0. The van der Waals surface area contributed by atoms with Gasteiger partial charge in [0.2, 0.25) is 0 Å². The Morgan fingerprint density at radius 2 is 0.494 bits per heavy atom. The molecule has 1 atom stereocenters. The molecule has 0 heterocycles. The van der Waals surface area contributed by atoms with E-state index in [-0.39, 0.29) is 31.1 Å². The number of rotatable bonds is 60. The van der Waals surface area contributed by atoms with E-state index in [0.29, 0.717) is 19.3 Å². The monoisotopic (exact) mass is 1100 g/mol. The fraction of sp³-hybridized carbons (Fsp3) is 0.712. The Morgan fingerprint density at radius 1 is 0.266 bits per heavy atom. The summed E-state index contributed by atoms with van der Waals surface area (Å²) < 4.78 is 16.9. The molecule has 0 radical (unpaired) electrons. The molecule has 0 saturated heterocycles. The molecule has 0 N–H and O–H groups in total. The van der Waals surface area contributed by atoms with Gasteiger partial charge < -0.3 is 14.2 Å². The Kier molecular flexibility index (Phi) is 63.3. The molecule has 0 spiro atoms. The number of hydrogen-bond donors (Lipinski definition) is 0. The van der Waals surface area contributed by atoms with Crippen LogP contribution in [0.4, 0.5) is 0 Å². The summed E-state index contributed by atoms with van der Waals surface area (Å²) in [6.45, 7) is 6.49. The van der Waals surface area contributed by atoms with Crippen molar-refractivity contribution in [2.24, 2.45) is 0 Å². The Morgan fingerprint density at radius 3 is 0.797 bits per heavy atom. The van der Waals surface area contributed by atoms with Gasteiger partial charge in [-0.1, -0.05) is 278 Å². The number of ether oxygens (including phenoxy) is 3. The zero-order chi connectivity index (χ0) is 57.1. The van der Waals surface area contributed by atoms with Gasteiger partial charge in [0.05, 0.1) is 0 Å². The number of carbonyl (C=O) groups is 3. The third-order valence-electron chi connectivity index (χ3n) is 14.2. The van der Waals surface area contributed by atoms with Gasteiger partial charge in [0.25, 0.3) is 0 Å². The first-order valence-corrected chi connectivity index (χ1v) is 33.4. The Hall–Kier alpha value is -3.93. The number of unbranched alkanes of at least 4 members (excludes halogenated alkanes) is 31. The van der Waals surface area contributed by atoms with Gasteiger partial charge in [0.15, 0.2) is 6.10 Å². The molecule has 79 heavy (non-hydrogen) atoms. The van der Waals surface area contributed by atoms with Crippen LogP contribution in [-0.2, 0) is 28.6 Å². The highest BCUT2D eigenvalue weighted by atomic mass is 16.6. The van der Waals surface area contributed by atoms with Gasteiger partial charge in [-0.15, -0.1) is 0 Å². The first-order valence-electron chi connectivity index (χ1n) is 33.4. The van der Waals surface area contributed by atoms with Gasteiger partial charge in [-0.2, -0.15) is 0 Å². The molecule has 0 aromatic carbocycles. The molecule has 0 bridgehead atoms. The minimum Gasteiger partial charge on any atom is -0.462 e. The summed E-state index contributed by atoms with van der Waals surface area (Å²) in [7, 11) is 0. The Balaban J connectivity index is 4.40. The summed E-state index contributed by atoms with van der Waals surface area (Å²) in [4.78, 5) is 38.4. The van der Waals surface area contributed by atoms with Crippen molar-refractivity contribution in [3.05, 3.63) is 109 Å². The van der Waals surface area contributed by atoms with Crippen molar-refractivity contribution in [2.45, 2.75) is 322 Å². The van der Waals surface area contributed by atoms with Crippen molar-refractivity contribution in [3.8, 4) is 0 Å². The van der Waals surface area contributed by atoms with E-state index in [9.17, 15) is 14.4 Å². The molecule has 0 aromatic rings. The zero-order valence-electron chi connectivity index (χ0n) is 51.9. The normalized spacial score (nSPS) is 12.8.